The molecule has 0 radical (unpaired) electrons. The zero-order chi connectivity index (χ0) is 56.0. The summed E-state index contributed by atoms with van der Waals surface area (Å²) in [6.45, 7) is 13.5. The van der Waals surface area contributed by atoms with E-state index in [2.05, 4.69) is 6.92 Å². The molecule has 5 heterocycles. The number of hydrogen-bond donors (Lipinski definition) is 7. The third-order valence-corrected chi connectivity index (χ3v) is 15.5. The van der Waals surface area contributed by atoms with Crippen LogP contribution < -0.4 is 0 Å². The van der Waals surface area contributed by atoms with E-state index in [0.29, 0.717) is 32.1 Å². The Morgan fingerprint density at radius 1 is 0.658 bits per heavy atom. The third kappa shape index (κ3) is 16.6. The Hall–Kier alpha value is -2.94. The summed E-state index contributed by atoms with van der Waals surface area (Å²) < 4.78 is 69.2. The zero-order valence-corrected chi connectivity index (χ0v) is 45.9. The first kappa shape index (κ1) is 63.9. The highest BCUT2D eigenvalue weighted by molar-refractivity contribution is 5.82. The van der Waals surface area contributed by atoms with Gasteiger partial charge in [0.05, 0.1) is 67.1 Å². The van der Waals surface area contributed by atoms with E-state index in [4.69, 9.17) is 52.1 Å². The average molecular weight is 1090 g/mol. The van der Waals surface area contributed by atoms with E-state index in [-0.39, 0.29) is 12.5 Å². The van der Waals surface area contributed by atoms with Crippen LogP contribution in [-0.4, -0.2) is 195 Å². The smallest absolute Gasteiger partial charge is 0.330 e. The van der Waals surface area contributed by atoms with Gasteiger partial charge in [0.25, 0.3) is 0 Å². The van der Waals surface area contributed by atoms with Crippen molar-refractivity contribution in [2.75, 3.05) is 6.61 Å². The first-order chi connectivity index (χ1) is 36.2. The first-order valence-electron chi connectivity index (χ1n) is 27.9. The molecule has 438 valence electrons. The fourth-order valence-corrected chi connectivity index (χ4v) is 10.4. The molecule has 5 saturated heterocycles. The Morgan fingerprint density at radius 2 is 1.30 bits per heavy atom. The van der Waals surface area contributed by atoms with Crippen LogP contribution in [0.25, 0.3) is 0 Å². The zero-order valence-electron chi connectivity index (χ0n) is 45.9. The van der Waals surface area contributed by atoms with Gasteiger partial charge in [-0.05, 0) is 67.2 Å². The normalized spacial score (nSPS) is 40.7. The van der Waals surface area contributed by atoms with Crippen LogP contribution in [0.1, 0.15) is 152 Å². The maximum atomic E-state index is 14.1. The number of esters is 4. The van der Waals surface area contributed by atoms with Crippen molar-refractivity contribution in [2.45, 2.75) is 281 Å². The molecule has 22 nitrogen and oxygen atoms in total. The van der Waals surface area contributed by atoms with Gasteiger partial charge in [0.15, 0.2) is 43.3 Å². The summed E-state index contributed by atoms with van der Waals surface area (Å²) in [5.74, 6) is -6.54. The van der Waals surface area contributed by atoms with E-state index < -0.39 is 171 Å². The molecule has 0 amide bonds. The van der Waals surface area contributed by atoms with Crippen LogP contribution in [0.15, 0.2) is 12.2 Å². The lowest BCUT2D eigenvalue weighted by Crippen LogP contribution is -2.70. The number of carbonyl (C=O) groups is 4. The number of rotatable bonds is 15. The van der Waals surface area contributed by atoms with Crippen LogP contribution in [0.5, 0.6) is 0 Å². The van der Waals surface area contributed by atoms with Gasteiger partial charge in [0, 0.05) is 12.5 Å². The molecule has 0 aromatic heterocycles. The second-order valence-electron chi connectivity index (χ2n) is 21.4. The fourth-order valence-electron chi connectivity index (χ4n) is 10.4. The predicted octanol–water partition coefficient (Wildman–Crippen LogP) is 2.95. The van der Waals surface area contributed by atoms with Crippen LogP contribution in [-0.2, 0) is 71.3 Å². The minimum absolute atomic E-state index is 0.0657. The molecule has 5 rings (SSSR count). The van der Waals surface area contributed by atoms with Crippen LogP contribution >= 0.6 is 0 Å². The molecule has 7 N–H and O–H groups in total. The molecule has 2 bridgehead atoms. The number of allylic oxidation sites excluding steroid dienone is 1. The summed E-state index contributed by atoms with van der Waals surface area (Å²) in [5.41, 5.74) is 0. The Balaban J connectivity index is 1.66. The minimum atomic E-state index is -1.98. The van der Waals surface area contributed by atoms with Gasteiger partial charge in [-0.3, -0.25) is 14.4 Å². The lowest BCUT2D eigenvalue weighted by molar-refractivity contribution is -0.378. The molecule has 1 unspecified atom stereocenters. The molecule has 22 heteroatoms. The standard InChI is InChI=1S/C54H90O22/c1-10-13-19-23-33-24-20-17-15-14-16-18-21-25-36(58)72-48-44(75-53-41(62)40(61)43(31(8)67-53)71-35(57)22-11-2)32(9)68-54(49(48)74-50(64)27(4)12-3)76-47-42(63)45(73-51(65)28(5)29(6)56)34(26-55)70-46(47)37-39(60)38(59)30(7)66-52(37)69-33/h11,22,27-34,37-49,52-56,59-63H,10,12-21,23-26H2,1-9H3/b22-11+/t27-,28+,29+,30+,31+,32-,33?,34+,37-,38+,39+,40+,41+,42-,43+,44-,45+,46-,47+,48+,49+,52-,53-,54-/m0/s1. The van der Waals surface area contributed by atoms with Gasteiger partial charge in [-0.15, -0.1) is 0 Å². The summed E-state index contributed by atoms with van der Waals surface area (Å²) >= 11 is 0. The monoisotopic (exact) mass is 1090 g/mol. The molecular formula is C54H90O22. The highest BCUT2D eigenvalue weighted by Crippen LogP contribution is 2.42. The Bertz CT molecular complexity index is 1820. The molecule has 0 aromatic carbocycles. The van der Waals surface area contributed by atoms with Crippen molar-refractivity contribution < 1.29 is 107 Å². The van der Waals surface area contributed by atoms with Crippen molar-refractivity contribution in [1.29, 1.82) is 0 Å². The molecule has 24 atom stereocenters. The van der Waals surface area contributed by atoms with E-state index in [1.54, 1.807) is 27.7 Å². The average Bonchev–Trinajstić information content (AvgIpc) is 3.38. The maximum Gasteiger partial charge on any atom is 0.330 e. The number of fused-ring (bicyclic) bond motifs is 5. The first-order valence-corrected chi connectivity index (χ1v) is 27.9. The highest BCUT2D eigenvalue weighted by atomic mass is 16.8. The number of aliphatic hydroxyl groups is 7. The minimum Gasteiger partial charge on any atom is -0.456 e. The number of carbonyl (C=O) groups excluding carboxylic acids is 4. The Labute approximate surface area is 447 Å². The van der Waals surface area contributed by atoms with E-state index in [1.807, 2.05) is 0 Å². The van der Waals surface area contributed by atoms with Crippen molar-refractivity contribution in [1.82, 2.24) is 0 Å². The number of unbranched alkanes of at least 4 members (excludes halogenated alkanes) is 2. The van der Waals surface area contributed by atoms with Gasteiger partial charge in [-0.2, -0.15) is 0 Å². The lowest BCUT2D eigenvalue weighted by Gasteiger charge is -2.53. The van der Waals surface area contributed by atoms with Crippen molar-refractivity contribution in [3.63, 3.8) is 0 Å². The topological polar surface area (TPSA) is 311 Å². The largest absolute Gasteiger partial charge is 0.456 e. The summed E-state index contributed by atoms with van der Waals surface area (Å²) in [5, 5.41) is 80.4. The van der Waals surface area contributed by atoms with Crippen LogP contribution in [0, 0.1) is 17.8 Å². The molecule has 76 heavy (non-hydrogen) atoms. The lowest BCUT2D eigenvalue weighted by atomic mass is 9.80. The molecule has 0 spiro atoms. The van der Waals surface area contributed by atoms with Crippen molar-refractivity contribution in [3.05, 3.63) is 12.2 Å². The van der Waals surface area contributed by atoms with E-state index in [1.165, 1.54) is 33.8 Å². The van der Waals surface area contributed by atoms with Crippen molar-refractivity contribution >= 4 is 23.9 Å². The van der Waals surface area contributed by atoms with Gasteiger partial charge >= 0.3 is 23.9 Å². The summed E-state index contributed by atoms with van der Waals surface area (Å²) in [7, 11) is 0. The van der Waals surface area contributed by atoms with Crippen LogP contribution in [0.3, 0.4) is 0 Å². The Kier molecular flexibility index (Phi) is 25.7. The molecule has 5 aliphatic heterocycles. The molecule has 5 aliphatic rings. The van der Waals surface area contributed by atoms with Gasteiger partial charge in [-0.1, -0.05) is 84.6 Å². The SMILES string of the molecule is C/C=C/C(=O)O[C@H]1[C@H](O)[C@@H](O)[C@H](O[C@@H]2[C@H]3OC(=O)CCCCCCCCCC(CCCCC)O[C@@H]4O[C@H](C)[C@@H](O)[C@H](O)[C@H]4[C@@H]4O[C@H](CO)[C@@H](OC(=O)[C@H](C)[C@@H](C)O)[C@H](O)[C@H]4O[C@H](O[C@H]2C)[C@@H]3OC(=O)[C@@H](C)CC)O[C@@H]1C. The van der Waals surface area contributed by atoms with Gasteiger partial charge in [0.1, 0.15) is 42.7 Å². The number of ether oxygens (including phenoxy) is 11. The molecule has 0 saturated carbocycles. The van der Waals surface area contributed by atoms with E-state index in [0.717, 1.165) is 57.4 Å². The predicted molar refractivity (Wildman–Crippen MR) is 267 cm³/mol. The quantitative estimate of drug-likeness (QED) is 0.0537. The van der Waals surface area contributed by atoms with Crippen molar-refractivity contribution in [3.8, 4) is 0 Å². The Morgan fingerprint density at radius 3 is 1.95 bits per heavy atom. The van der Waals surface area contributed by atoms with E-state index >= 15 is 0 Å². The fraction of sp³-hybridized carbons (Fsp3) is 0.889. The number of hydrogen-bond acceptors (Lipinski definition) is 22. The molecular weight excluding hydrogens is 1000 g/mol. The second kappa shape index (κ2) is 30.6. The molecule has 5 fully saturated rings. The highest BCUT2D eigenvalue weighted by Gasteiger charge is 2.60. The second-order valence-corrected chi connectivity index (χ2v) is 21.4. The van der Waals surface area contributed by atoms with Crippen molar-refractivity contribution in [2.24, 2.45) is 17.8 Å². The third-order valence-electron chi connectivity index (χ3n) is 15.5. The van der Waals surface area contributed by atoms with Gasteiger partial charge in [-0.25, -0.2) is 4.79 Å². The van der Waals surface area contributed by atoms with Crippen LogP contribution in [0.2, 0.25) is 0 Å². The summed E-state index contributed by atoms with van der Waals surface area (Å²) in [4.78, 5) is 54.1. The van der Waals surface area contributed by atoms with E-state index in [9.17, 15) is 54.9 Å². The van der Waals surface area contributed by atoms with Gasteiger partial charge < -0.3 is 87.9 Å². The summed E-state index contributed by atoms with van der Waals surface area (Å²) in [6.07, 6.45) is -19.1. The number of aliphatic hydroxyl groups excluding tert-OH is 7. The van der Waals surface area contributed by atoms with Gasteiger partial charge in [0.2, 0.25) is 0 Å². The summed E-state index contributed by atoms with van der Waals surface area (Å²) in [6, 6.07) is 0. The maximum absolute atomic E-state index is 14.1. The molecule has 0 aromatic rings. The van der Waals surface area contributed by atoms with Crippen LogP contribution in [0.4, 0.5) is 0 Å². The molecule has 0 aliphatic carbocycles.